The number of hydrogen-bond acceptors (Lipinski definition) is 2. The van der Waals surface area contributed by atoms with Crippen LogP contribution in [-0.4, -0.2) is 45.9 Å². The number of aromatic amines is 1. The maximum atomic E-state index is 13.6. The number of alkyl halides is 3. The molecule has 6 nitrogen and oxygen atoms in total. The van der Waals surface area contributed by atoms with Crippen molar-refractivity contribution in [2.24, 2.45) is 0 Å². The molecule has 3 amide bonds. The lowest BCUT2D eigenvalue weighted by molar-refractivity contribution is -0.137. The summed E-state index contributed by atoms with van der Waals surface area (Å²) in [6.45, 7) is 3.87. The van der Waals surface area contributed by atoms with Crippen LogP contribution in [0.2, 0.25) is 0 Å². The number of para-hydroxylation sites is 2. The predicted octanol–water partition coefficient (Wildman–Crippen LogP) is 7.46. The Morgan fingerprint density at radius 2 is 1.65 bits per heavy atom. The van der Waals surface area contributed by atoms with Gasteiger partial charge in [0.05, 0.1) is 11.3 Å². The van der Waals surface area contributed by atoms with E-state index in [0.29, 0.717) is 28.7 Å². The minimum Gasteiger partial charge on any atom is -0.361 e. The van der Waals surface area contributed by atoms with Crippen LogP contribution in [0.5, 0.6) is 0 Å². The lowest BCUT2D eigenvalue weighted by atomic mass is 10.1. The van der Waals surface area contributed by atoms with E-state index in [0.717, 1.165) is 28.6 Å². The number of hydrogen-bond donors (Lipinski definition) is 2. The third-order valence-electron chi connectivity index (χ3n) is 6.64. The zero-order chi connectivity index (χ0) is 28.9. The summed E-state index contributed by atoms with van der Waals surface area (Å²) in [5.41, 5.74) is 2.39. The van der Waals surface area contributed by atoms with Crippen LogP contribution in [-0.2, 0) is 23.9 Å². The molecule has 4 aromatic rings. The molecule has 0 aliphatic rings. The standard InChI is InChI=1S/C30H30BrF3N4O2/c1-20(2)38(29(40)36-27-10-6-4-8-25(27)31)19-28(39)37(18-21-11-13-23(14-12-21)30(32,33)34)16-15-22-17-35-26-9-5-3-7-24(22)26/h3-14,17,20,35H,15-16,18-19H2,1-2H3,(H,36,40). The van der Waals surface area contributed by atoms with E-state index in [1.54, 1.807) is 23.1 Å². The van der Waals surface area contributed by atoms with Gasteiger partial charge in [-0.2, -0.15) is 13.2 Å². The molecule has 1 aromatic heterocycles. The Hall–Kier alpha value is -3.79. The van der Waals surface area contributed by atoms with Gasteiger partial charge in [-0.1, -0.05) is 42.5 Å². The molecule has 210 valence electrons. The summed E-state index contributed by atoms with van der Waals surface area (Å²) in [6, 6.07) is 19.1. The first kappa shape index (κ1) is 29.2. The molecule has 0 unspecified atom stereocenters. The van der Waals surface area contributed by atoms with Crippen molar-refractivity contribution in [3.8, 4) is 0 Å². The Labute approximate surface area is 239 Å². The molecule has 0 fully saturated rings. The average molecular weight is 615 g/mol. The highest BCUT2D eigenvalue weighted by atomic mass is 79.9. The lowest BCUT2D eigenvalue weighted by Crippen LogP contribution is -2.47. The molecular weight excluding hydrogens is 585 g/mol. The van der Waals surface area contributed by atoms with Gasteiger partial charge < -0.3 is 20.1 Å². The van der Waals surface area contributed by atoms with Gasteiger partial charge in [0.15, 0.2) is 0 Å². The van der Waals surface area contributed by atoms with Gasteiger partial charge >= 0.3 is 12.2 Å². The Morgan fingerprint density at radius 3 is 2.33 bits per heavy atom. The molecule has 0 aliphatic carbocycles. The Balaban J connectivity index is 1.54. The first-order valence-electron chi connectivity index (χ1n) is 12.8. The lowest BCUT2D eigenvalue weighted by Gasteiger charge is -2.30. The molecule has 0 bridgehead atoms. The maximum Gasteiger partial charge on any atom is 0.416 e. The normalized spacial score (nSPS) is 11.6. The van der Waals surface area contributed by atoms with Gasteiger partial charge in [-0.25, -0.2) is 4.79 Å². The second-order valence-electron chi connectivity index (χ2n) is 9.75. The number of urea groups is 1. The van der Waals surface area contributed by atoms with E-state index < -0.39 is 17.8 Å². The summed E-state index contributed by atoms with van der Waals surface area (Å²) in [7, 11) is 0. The summed E-state index contributed by atoms with van der Waals surface area (Å²) in [6.07, 6.45) is -2.01. The number of H-pyrrole nitrogens is 1. The summed E-state index contributed by atoms with van der Waals surface area (Å²) in [5, 5.41) is 3.88. The SMILES string of the molecule is CC(C)N(CC(=O)N(CCc1c[nH]c2ccccc12)Cc1ccc(C(F)(F)F)cc1)C(=O)Nc1ccccc1Br. The van der Waals surface area contributed by atoms with E-state index in [-0.39, 0.29) is 25.0 Å². The first-order valence-corrected chi connectivity index (χ1v) is 13.6. The fourth-order valence-corrected chi connectivity index (χ4v) is 4.77. The Bertz CT molecular complexity index is 1470. The van der Waals surface area contributed by atoms with Crippen molar-refractivity contribution in [2.75, 3.05) is 18.4 Å². The molecule has 4 rings (SSSR count). The van der Waals surface area contributed by atoms with Gasteiger partial charge in [0, 0.05) is 40.7 Å². The number of benzene rings is 3. The van der Waals surface area contributed by atoms with Crippen LogP contribution in [0, 0.1) is 0 Å². The van der Waals surface area contributed by atoms with Crippen LogP contribution in [0.25, 0.3) is 10.9 Å². The van der Waals surface area contributed by atoms with E-state index in [2.05, 4.69) is 26.2 Å². The van der Waals surface area contributed by atoms with Gasteiger partial charge in [-0.3, -0.25) is 4.79 Å². The molecule has 40 heavy (non-hydrogen) atoms. The fourth-order valence-electron chi connectivity index (χ4n) is 4.39. The number of halogens is 4. The second-order valence-corrected chi connectivity index (χ2v) is 10.6. The third-order valence-corrected chi connectivity index (χ3v) is 7.33. The highest BCUT2D eigenvalue weighted by molar-refractivity contribution is 9.10. The molecule has 0 aliphatic heterocycles. The van der Waals surface area contributed by atoms with E-state index in [1.165, 1.54) is 17.0 Å². The number of aromatic nitrogens is 1. The van der Waals surface area contributed by atoms with Gasteiger partial charge in [-0.15, -0.1) is 0 Å². The zero-order valence-electron chi connectivity index (χ0n) is 22.1. The number of amides is 3. The third kappa shape index (κ3) is 7.24. The van der Waals surface area contributed by atoms with Crippen molar-refractivity contribution < 1.29 is 22.8 Å². The quantitative estimate of drug-likeness (QED) is 0.205. The number of fused-ring (bicyclic) bond motifs is 1. The maximum absolute atomic E-state index is 13.6. The van der Waals surface area contributed by atoms with Crippen LogP contribution in [0.15, 0.2) is 83.5 Å². The van der Waals surface area contributed by atoms with Gasteiger partial charge in [-0.05, 0) is 77.7 Å². The molecule has 0 atom stereocenters. The number of rotatable bonds is 9. The minimum atomic E-state index is -4.44. The zero-order valence-corrected chi connectivity index (χ0v) is 23.7. The Morgan fingerprint density at radius 1 is 0.975 bits per heavy atom. The van der Waals surface area contributed by atoms with Crippen LogP contribution in [0.3, 0.4) is 0 Å². The van der Waals surface area contributed by atoms with Crippen LogP contribution in [0.1, 0.15) is 30.5 Å². The van der Waals surface area contributed by atoms with E-state index in [4.69, 9.17) is 0 Å². The fraction of sp³-hybridized carbons (Fsp3) is 0.267. The summed E-state index contributed by atoms with van der Waals surface area (Å²) in [5.74, 6) is -0.310. The van der Waals surface area contributed by atoms with Crippen molar-refractivity contribution in [1.82, 2.24) is 14.8 Å². The van der Waals surface area contributed by atoms with E-state index in [1.807, 2.05) is 50.4 Å². The van der Waals surface area contributed by atoms with Crippen LogP contribution in [0.4, 0.5) is 23.7 Å². The molecule has 3 aromatic carbocycles. The van der Waals surface area contributed by atoms with Crippen molar-refractivity contribution in [1.29, 1.82) is 0 Å². The predicted molar refractivity (Wildman–Crippen MR) is 154 cm³/mol. The topological polar surface area (TPSA) is 68.4 Å². The van der Waals surface area contributed by atoms with Crippen molar-refractivity contribution >= 4 is 44.5 Å². The highest BCUT2D eigenvalue weighted by Crippen LogP contribution is 2.29. The second kappa shape index (κ2) is 12.6. The molecule has 0 saturated carbocycles. The van der Waals surface area contributed by atoms with Crippen molar-refractivity contribution in [3.63, 3.8) is 0 Å². The summed E-state index contributed by atoms with van der Waals surface area (Å²) < 4.78 is 39.9. The molecule has 0 saturated heterocycles. The summed E-state index contributed by atoms with van der Waals surface area (Å²) in [4.78, 5) is 33.1. The number of nitrogens with one attached hydrogen (secondary N) is 2. The average Bonchev–Trinajstić information content (AvgIpc) is 3.33. The number of anilines is 1. The number of nitrogens with zero attached hydrogens (tertiary/aromatic N) is 2. The monoisotopic (exact) mass is 614 g/mol. The van der Waals surface area contributed by atoms with E-state index in [9.17, 15) is 22.8 Å². The van der Waals surface area contributed by atoms with Crippen molar-refractivity contribution in [2.45, 2.75) is 39.0 Å². The number of carbonyl (C=O) groups excluding carboxylic acids is 2. The molecule has 0 spiro atoms. The molecule has 0 radical (unpaired) electrons. The van der Waals surface area contributed by atoms with Crippen LogP contribution < -0.4 is 5.32 Å². The number of carbonyl (C=O) groups is 2. The van der Waals surface area contributed by atoms with Crippen molar-refractivity contribution in [3.05, 3.63) is 100 Å². The molecule has 2 N–H and O–H groups in total. The largest absolute Gasteiger partial charge is 0.416 e. The van der Waals surface area contributed by atoms with E-state index >= 15 is 0 Å². The first-order chi connectivity index (χ1) is 19.0. The molecule has 1 heterocycles. The smallest absolute Gasteiger partial charge is 0.361 e. The van der Waals surface area contributed by atoms with Crippen LogP contribution >= 0.6 is 15.9 Å². The minimum absolute atomic E-state index is 0.108. The van der Waals surface area contributed by atoms with Gasteiger partial charge in [0.2, 0.25) is 5.91 Å². The van der Waals surface area contributed by atoms with Gasteiger partial charge in [0.1, 0.15) is 6.54 Å². The highest BCUT2D eigenvalue weighted by Gasteiger charge is 2.30. The molecular formula is C30H30BrF3N4O2. The summed E-state index contributed by atoms with van der Waals surface area (Å²) >= 11 is 3.41. The Kier molecular flexibility index (Phi) is 9.19. The van der Waals surface area contributed by atoms with Gasteiger partial charge in [0.25, 0.3) is 0 Å². The molecule has 10 heteroatoms.